The van der Waals surface area contributed by atoms with Gasteiger partial charge in [0.2, 0.25) is 0 Å². The van der Waals surface area contributed by atoms with Gasteiger partial charge in [0, 0.05) is 19.6 Å². The molecule has 0 bridgehead atoms. The van der Waals surface area contributed by atoms with Crippen LogP contribution in [-0.4, -0.2) is 41.1 Å². The van der Waals surface area contributed by atoms with E-state index in [2.05, 4.69) is 88.7 Å². The van der Waals surface area contributed by atoms with E-state index in [0.717, 1.165) is 63.3 Å². The minimum absolute atomic E-state index is 0. The molecule has 0 radical (unpaired) electrons. The van der Waals surface area contributed by atoms with Crippen LogP contribution in [0.1, 0.15) is 66.0 Å². The van der Waals surface area contributed by atoms with Gasteiger partial charge in [-0.3, -0.25) is 9.80 Å². The maximum Gasteiger partial charge on any atom is 0.0790 e. The van der Waals surface area contributed by atoms with Gasteiger partial charge in [0.25, 0.3) is 0 Å². The third kappa shape index (κ3) is 8.83. The Morgan fingerprint density at radius 2 is 1.45 bits per heavy atom. The molecular weight excluding hydrogens is 511 g/mol. The minimum atomic E-state index is -0.348. The largest absolute Gasteiger partial charge is 0.388 e. The molecule has 1 saturated heterocycles. The number of aliphatic hydroxyl groups is 1. The third-order valence-electron chi connectivity index (χ3n) is 8.29. The quantitative estimate of drug-likeness (QED) is 0.301. The summed E-state index contributed by atoms with van der Waals surface area (Å²) >= 11 is 0. The summed E-state index contributed by atoms with van der Waals surface area (Å²) in [5.41, 5.74) is 6.83. The number of aliphatic hydroxyl groups excluding tert-OH is 1. The maximum absolute atomic E-state index is 11.1. The highest BCUT2D eigenvalue weighted by Crippen LogP contribution is 2.29. The van der Waals surface area contributed by atoms with Gasteiger partial charge in [-0.1, -0.05) is 78.9 Å². The second kappa shape index (κ2) is 15.6. The summed E-state index contributed by atoms with van der Waals surface area (Å²) in [6.07, 6.45) is 7.61. The Balaban J connectivity index is 0.00000200. The zero-order valence-corrected chi connectivity index (χ0v) is 24.1. The fourth-order valence-corrected chi connectivity index (χ4v) is 6.02. The molecule has 1 N–H and O–H groups in total. The van der Waals surface area contributed by atoms with Crippen molar-refractivity contribution in [2.24, 2.45) is 5.92 Å². The van der Waals surface area contributed by atoms with Crippen LogP contribution in [0.15, 0.2) is 78.9 Å². The van der Waals surface area contributed by atoms with E-state index < -0.39 is 0 Å². The lowest BCUT2D eigenvalue weighted by Gasteiger charge is -2.32. The van der Waals surface area contributed by atoms with Crippen LogP contribution in [0.25, 0.3) is 0 Å². The van der Waals surface area contributed by atoms with Crippen molar-refractivity contribution in [3.63, 3.8) is 0 Å². The topological polar surface area (TPSA) is 26.7 Å². The molecule has 206 valence electrons. The number of halogens is 2. The highest BCUT2D eigenvalue weighted by Gasteiger charge is 2.21. The van der Waals surface area contributed by atoms with E-state index >= 15 is 0 Å². The smallest absolute Gasteiger partial charge is 0.0790 e. The Hall–Kier alpha value is -1.88. The Morgan fingerprint density at radius 1 is 0.763 bits per heavy atom. The van der Waals surface area contributed by atoms with Crippen LogP contribution in [-0.2, 0) is 25.9 Å². The second-order valence-electron chi connectivity index (χ2n) is 10.9. The molecule has 2 heterocycles. The van der Waals surface area contributed by atoms with E-state index in [9.17, 15) is 5.11 Å². The molecule has 0 aromatic heterocycles. The Labute approximate surface area is 242 Å². The molecule has 2 aliphatic heterocycles. The maximum atomic E-state index is 11.1. The van der Waals surface area contributed by atoms with Gasteiger partial charge in [-0.25, -0.2) is 0 Å². The highest BCUT2D eigenvalue weighted by atomic mass is 35.5. The Kier molecular flexibility index (Phi) is 12.6. The number of aryl methyl sites for hydroxylation is 1. The number of nitrogens with zero attached hydrogens (tertiary/aromatic N) is 2. The molecule has 3 nitrogen and oxygen atoms in total. The van der Waals surface area contributed by atoms with Crippen LogP contribution in [0.4, 0.5) is 0 Å². The van der Waals surface area contributed by atoms with Gasteiger partial charge in [-0.15, -0.1) is 24.8 Å². The molecule has 5 heteroatoms. The number of likely N-dealkylation sites (tertiary alicyclic amines) is 1. The van der Waals surface area contributed by atoms with Gasteiger partial charge >= 0.3 is 0 Å². The van der Waals surface area contributed by atoms with Gasteiger partial charge < -0.3 is 5.11 Å². The average Bonchev–Trinajstić information content (AvgIpc) is 3.14. The summed E-state index contributed by atoms with van der Waals surface area (Å²) in [6, 6.07) is 28.4. The van der Waals surface area contributed by atoms with E-state index in [-0.39, 0.29) is 30.9 Å². The van der Waals surface area contributed by atoms with Crippen molar-refractivity contribution in [3.05, 3.63) is 107 Å². The van der Waals surface area contributed by atoms with Gasteiger partial charge in [0.05, 0.1) is 6.10 Å². The van der Waals surface area contributed by atoms with E-state index in [1.165, 1.54) is 54.6 Å². The fraction of sp³-hybridized carbons (Fsp3) is 0.455. The molecular formula is C33H44Cl2N2O. The molecule has 5 rings (SSSR count). The first-order chi connectivity index (χ1) is 17.7. The molecule has 0 spiro atoms. The zero-order chi connectivity index (χ0) is 24.6. The number of benzene rings is 3. The summed E-state index contributed by atoms with van der Waals surface area (Å²) < 4.78 is 0. The number of hydrogen-bond donors (Lipinski definition) is 1. The monoisotopic (exact) mass is 554 g/mol. The molecule has 0 amide bonds. The van der Waals surface area contributed by atoms with E-state index in [1.54, 1.807) is 0 Å². The number of hydrogen-bond acceptors (Lipinski definition) is 3. The standard InChI is InChI=1S/C33H42N2O.2ClH/c36-33(16-13-28-18-22-35(23-19-28)25-29-10-5-2-6-11-29)31-15-14-30-12-7-20-34(26-32(30)24-31)21-17-27-8-3-1-4-9-27;;/h1-6,8-11,14-15,24,28,33,36H,7,12-13,16-23,25-26H2;2*1H. The molecule has 38 heavy (non-hydrogen) atoms. The first kappa shape index (κ1) is 30.7. The van der Waals surface area contributed by atoms with Gasteiger partial charge in [0.15, 0.2) is 0 Å². The number of rotatable bonds is 9. The van der Waals surface area contributed by atoms with Crippen LogP contribution in [0, 0.1) is 5.92 Å². The van der Waals surface area contributed by atoms with Crippen LogP contribution in [0.5, 0.6) is 0 Å². The van der Waals surface area contributed by atoms with Crippen LogP contribution >= 0.6 is 24.8 Å². The summed E-state index contributed by atoms with van der Waals surface area (Å²) in [6.45, 7) is 6.67. The van der Waals surface area contributed by atoms with E-state index in [1.807, 2.05) is 0 Å². The Bertz CT molecular complexity index is 1070. The van der Waals surface area contributed by atoms with Crippen LogP contribution in [0.2, 0.25) is 0 Å². The molecule has 0 saturated carbocycles. The van der Waals surface area contributed by atoms with Crippen molar-refractivity contribution in [1.82, 2.24) is 9.80 Å². The minimum Gasteiger partial charge on any atom is -0.388 e. The summed E-state index contributed by atoms with van der Waals surface area (Å²) in [7, 11) is 0. The van der Waals surface area contributed by atoms with Gasteiger partial charge in [-0.2, -0.15) is 0 Å². The van der Waals surface area contributed by atoms with Crippen molar-refractivity contribution in [2.75, 3.05) is 26.2 Å². The second-order valence-corrected chi connectivity index (χ2v) is 10.9. The predicted molar refractivity (Wildman–Crippen MR) is 163 cm³/mol. The lowest BCUT2D eigenvalue weighted by Crippen LogP contribution is -2.33. The van der Waals surface area contributed by atoms with Crippen molar-refractivity contribution >= 4 is 24.8 Å². The summed E-state index contributed by atoms with van der Waals surface area (Å²) in [4.78, 5) is 5.18. The number of piperidine rings is 1. The molecule has 1 unspecified atom stereocenters. The average molecular weight is 556 g/mol. The van der Waals surface area contributed by atoms with Crippen molar-refractivity contribution in [2.45, 2.75) is 64.1 Å². The van der Waals surface area contributed by atoms with E-state index in [4.69, 9.17) is 0 Å². The number of fused-ring (bicyclic) bond motifs is 1. The molecule has 1 fully saturated rings. The van der Waals surface area contributed by atoms with Crippen molar-refractivity contribution in [3.8, 4) is 0 Å². The van der Waals surface area contributed by atoms with Crippen LogP contribution in [0.3, 0.4) is 0 Å². The van der Waals surface area contributed by atoms with Gasteiger partial charge in [0.1, 0.15) is 0 Å². The normalized spacial score (nSPS) is 17.5. The highest BCUT2D eigenvalue weighted by molar-refractivity contribution is 5.85. The molecule has 1 atom stereocenters. The zero-order valence-electron chi connectivity index (χ0n) is 22.5. The SMILES string of the molecule is Cl.Cl.OC(CCC1CCN(Cc2ccccc2)CC1)c1ccc2c(c1)CN(CCc1ccccc1)CCC2. The molecule has 3 aromatic rings. The fourth-order valence-electron chi connectivity index (χ4n) is 6.02. The van der Waals surface area contributed by atoms with Crippen LogP contribution < -0.4 is 0 Å². The lowest BCUT2D eigenvalue weighted by atomic mass is 9.89. The van der Waals surface area contributed by atoms with Crippen molar-refractivity contribution in [1.29, 1.82) is 0 Å². The van der Waals surface area contributed by atoms with E-state index in [0.29, 0.717) is 0 Å². The molecule has 0 aliphatic carbocycles. The predicted octanol–water partition coefficient (Wildman–Crippen LogP) is 7.25. The third-order valence-corrected chi connectivity index (χ3v) is 8.29. The molecule has 2 aliphatic rings. The van der Waals surface area contributed by atoms with Gasteiger partial charge in [-0.05, 0) is 98.3 Å². The summed E-state index contributed by atoms with van der Waals surface area (Å²) in [5, 5.41) is 11.1. The summed E-state index contributed by atoms with van der Waals surface area (Å²) in [5.74, 6) is 0.737. The first-order valence-electron chi connectivity index (χ1n) is 14.1. The Morgan fingerprint density at radius 3 is 2.16 bits per heavy atom. The first-order valence-corrected chi connectivity index (χ1v) is 14.1. The van der Waals surface area contributed by atoms with Crippen molar-refractivity contribution < 1.29 is 5.11 Å². The molecule has 3 aromatic carbocycles. The lowest BCUT2D eigenvalue weighted by molar-refractivity contribution is 0.132.